The van der Waals surface area contributed by atoms with Crippen LogP contribution < -0.4 is 10.3 Å². The lowest BCUT2D eigenvalue weighted by molar-refractivity contribution is -0.205. The molecule has 3 saturated carbocycles. The Morgan fingerprint density at radius 1 is 1.27 bits per heavy atom. The van der Waals surface area contributed by atoms with E-state index in [4.69, 9.17) is 9.47 Å². The highest BCUT2D eigenvalue weighted by molar-refractivity contribution is 7.99. The van der Waals surface area contributed by atoms with Gasteiger partial charge in [0.1, 0.15) is 17.6 Å². The number of aromatic nitrogens is 2. The maximum absolute atomic E-state index is 13.5. The molecule has 8 atom stereocenters. The van der Waals surface area contributed by atoms with E-state index >= 15 is 0 Å². The quantitative estimate of drug-likeness (QED) is 0.218. The third-order valence-electron chi connectivity index (χ3n) is 10.8. The number of carbonyl (C=O) groups is 2. The molecule has 1 heterocycles. The number of H-pyrrole nitrogens is 1. The summed E-state index contributed by atoms with van der Waals surface area (Å²) in [5.41, 5.74) is -1.39. The number of Topliss-reactive ketones (excluding diaryl/α,β-unsaturated/α-hetero) is 1. The molecule has 40 heavy (non-hydrogen) atoms. The SMILES string of the molecule is C=C[C@]1(C)C[C@@H](OC(=O)CSc2nc3ccc(OC)cc3c(=O)[nH]2)[C@]2(C)[C@H](C)CC[C@]3(CCC(=O)[C@H]32)[C@@H](C)[C@@H]1O. The number of ketones is 1. The number of aromatic amines is 1. The summed E-state index contributed by atoms with van der Waals surface area (Å²) in [7, 11) is 1.53. The molecule has 0 spiro atoms. The van der Waals surface area contributed by atoms with Crippen molar-refractivity contribution in [2.45, 2.75) is 77.2 Å². The van der Waals surface area contributed by atoms with Crippen molar-refractivity contribution in [3.8, 4) is 5.75 Å². The van der Waals surface area contributed by atoms with Crippen molar-refractivity contribution in [1.82, 2.24) is 9.97 Å². The minimum Gasteiger partial charge on any atom is -0.497 e. The molecule has 3 aliphatic carbocycles. The third kappa shape index (κ3) is 4.40. The van der Waals surface area contributed by atoms with E-state index in [0.29, 0.717) is 34.7 Å². The number of aliphatic hydroxyl groups excluding tert-OH is 1. The highest BCUT2D eigenvalue weighted by Gasteiger charge is 2.68. The Bertz CT molecular complexity index is 1410. The van der Waals surface area contributed by atoms with Gasteiger partial charge in [-0.05, 0) is 61.1 Å². The van der Waals surface area contributed by atoms with Crippen molar-refractivity contribution in [3.05, 3.63) is 41.2 Å². The summed E-state index contributed by atoms with van der Waals surface area (Å²) in [6.45, 7) is 12.4. The molecule has 1 aromatic heterocycles. The highest BCUT2D eigenvalue weighted by Crippen LogP contribution is 2.68. The lowest BCUT2D eigenvalue weighted by Gasteiger charge is -2.61. The number of hydrogen-bond acceptors (Lipinski definition) is 8. The molecule has 216 valence electrons. The Hall–Kier alpha value is -2.65. The second kappa shape index (κ2) is 10.3. The number of nitrogens with zero attached hydrogens (tertiary/aromatic N) is 1. The van der Waals surface area contributed by atoms with Crippen LogP contribution in [0.2, 0.25) is 0 Å². The van der Waals surface area contributed by atoms with Gasteiger partial charge in [0, 0.05) is 23.2 Å². The van der Waals surface area contributed by atoms with Crippen LogP contribution in [0, 0.1) is 34.0 Å². The number of hydrogen-bond donors (Lipinski definition) is 2. The zero-order chi connectivity index (χ0) is 29.0. The molecule has 0 amide bonds. The molecule has 3 aliphatic rings. The van der Waals surface area contributed by atoms with Gasteiger partial charge in [0.05, 0.1) is 29.9 Å². The predicted octanol–water partition coefficient (Wildman–Crippen LogP) is 4.93. The molecular formula is C31H40N2O6S. The van der Waals surface area contributed by atoms with Crippen LogP contribution in [0.5, 0.6) is 5.75 Å². The monoisotopic (exact) mass is 568 g/mol. The Morgan fingerprint density at radius 3 is 2.73 bits per heavy atom. The molecule has 2 N–H and O–H groups in total. The number of rotatable bonds is 6. The van der Waals surface area contributed by atoms with Crippen LogP contribution in [-0.4, -0.2) is 51.9 Å². The summed E-state index contributed by atoms with van der Waals surface area (Å²) >= 11 is 1.10. The lowest BCUT2D eigenvalue weighted by Crippen LogP contribution is -2.63. The fourth-order valence-corrected chi connectivity index (χ4v) is 8.76. The summed E-state index contributed by atoms with van der Waals surface area (Å²) in [5.74, 6) is 0.0798. The van der Waals surface area contributed by atoms with E-state index in [1.54, 1.807) is 24.3 Å². The van der Waals surface area contributed by atoms with Gasteiger partial charge in [0.15, 0.2) is 5.16 Å². The molecule has 2 aromatic rings. The molecule has 0 aliphatic heterocycles. The summed E-state index contributed by atoms with van der Waals surface area (Å²) in [4.78, 5) is 46.8. The second-order valence-electron chi connectivity index (χ2n) is 12.6. The van der Waals surface area contributed by atoms with Crippen molar-refractivity contribution < 1.29 is 24.2 Å². The van der Waals surface area contributed by atoms with Crippen molar-refractivity contribution >= 4 is 34.4 Å². The molecule has 3 fully saturated rings. The summed E-state index contributed by atoms with van der Waals surface area (Å²) < 4.78 is 11.5. The van der Waals surface area contributed by atoms with Crippen molar-refractivity contribution in [2.24, 2.45) is 34.0 Å². The Kier molecular flexibility index (Phi) is 7.45. The van der Waals surface area contributed by atoms with Gasteiger partial charge >= 0.3 is 5.97 Å². The molecule has 8 nitrogen and oxygen atoms in total. The Morgan fingerprint density at radius 2 is 2.02 bits per heavy atom. The summed E-state index contributed by atoms with van der Waals surface area (Å²) in [6, 6.07) is 5.06. The third-order valence-corrected chi connectivity index (χ3v) is 11.6. The molecule has 0 unspecified atom stereocenters. The van der Waals surface area contributed by atoms with Gasteiger partial charge in [-0.1, -0.05) is 45.5 Å². The molecule has 2 bridgehead atoms. The topological polar surface area (TPSA) is 119 Å². The van der Waals surface area contributed by atoms with E-state index in [0.717, 1.165) is 31.0 Å². The van der Waals surface area contributed by atoms with Gasteiger partial charge in [0.25, 0.3) is 5.56 Å². The molecule has 0 radical (unpaired) electrons. The van der Waals surface area contributed by atoms with E-state index in [1.165, 1.54) is 7.11 Å². The van der Waals surface area contributed by atoms with Gasteiger partial charge in [-0.15, -0.1) is 6.58 Å². The van der Waals surface area contributed by atoms with Crippen LogP contribution in [0.3, 0.4) is 0 Å². The highest BCUT2D eigenvalue weighted by atomic mass is 32.2. The molecule has 9 heteroatoms. The van der Waals surface area contributed by atoms with Gasteiger partial charge in [-0.25, -0.2) is 4.98 Å². The van der Waals surface area contributed by atoms with Crippen LogP contribution in [0.15, 0.2) is 40.8 Å². The zero-order valence-electron chi connectivity index (χ0n) is 24.0. The number of aliphatic hydroxyl groups is 1. The van der Waals surface area contributed by atoms with E-state index in [2.05, 4.69) is 37.3 Å². The number of benzene rings is 1. The minimum absolute atomic E-state index is 0.0565. The fraction of sp³-hybridized carbons (Fsp3) is 0.613. The minimum atomic E-state index is -0.711. The number of fused-ring (bicyclic) bond motifs is 1. The van der Waals surface area contributed by atoms with Crippen molar-refractivity contribution in [3.63, 3.8) is 0 Å². The van der Waals surface area contributed by atoms with Gasteiger partial charge in [-0.3, -0.25) is 14.4 Å². The zero-order valence-corrected chi connectivity index (χ0v) is 24.8. The van der Waals surface area contributed by atoms with Crippen molar-refractivity contribution in [1.29, 1.82) is 0 Å². The standard InChI is InChI=1S/C31H40N2O6S/c1-7-29(4)15-23(30(5)17(2)10-12-31(18(3)26(29)36)13-11-22(34)25(30)31)39-24(35)16-40-28-32-21-9-8-19(38-6)14-20(21)27(37)33-28/h7-9,14,17-18,23,25-26,36H,1,10-13,15-16H2,2-6H3,(H,32,33,37)/t17-,18+,23-,25+,26+,29-,30+,31+/m1/s1. The maximum atomic E-state index is 13.5. The van der Waals surface area contributed by atoms with Gasteiger partial charge in [0.2, 0.25) is 0 Å². The van der Waals surface area contributed by atoms with Crippen LogP contribution in [0.1, 0.15) is 59.8 Å². The molecule has 1 aromatic carbocycles. The summed E-state index contributed by atoms with van der Waals surface area (Å²) in [5, 5.41) is 12.4. The second-order valence-corrected chi connectivity index (χ2v) is 13.6. The Balaban J connectivity index is 1.43. The average molecular weight is 569 g/mol. The number of carbonyl (C=O) groups excluding carboxylic acids is 2. The number of thioether (sulfide) groups is 1. The fourth-order valence-electron chi connectivity index (χ4n) is 8.11. The molecule has 5 rings (SSSR count). The number of esters is 1. The molecule has 0 saturated heterocycles. The largest absolute Gasteiger partial charge is 0.497 e. The number of nitrogens with one attached hydrogen (secondary N) is 1. The van der Waals surface area contributed by atoms with Crippen LogP contribution in [0.4, 0.5) is 0 Å². The first kappa shape index (κ1) is 28.9. The first-order valence-electron chi connectivity index (χ1n) is 14.1. The predicted molar refractivity (Wildman–Crippen MR) is 154 cm³/mol. The van der Waals surface area contributed by atoms with E-state index in [1.807, 2.05) is 6.92 Å². The smallest absolute Gasteiger partial charge is 0.316 e. The number of methoxy groups -OCH3 is 1. The van der Waals surface area contributed by atoms with E-state index in [-0.39, 0.29) is 40.3 Å². The Labute approximate surface area is 239 Å². The number of ether oxygens (including phenoxy) is 2. The first-order chi connectivity index (χ1) is 18.9. The normalized spacial score (nSPS) is 37.4. The molecular weight excluding hydrogens is 528 g/mol. The van der Waals surface area contributed by atoms with Gasteiger partial charge in [-0.2, -0.15) is 0 Å². The van der Waals surface area contributed by atoms with Gasteiger partial charge < -0.3 is 19.6 Å². The van der Waals surface area contributed by atoms with Crippen molar-refractivity contribution in [2.75, 3.05) is 12.9 Å². The van der Waals surface area contributed by atoms with E-state index in [9.17, 15) is 19.5 Å². The first-order valence-corrected chi connectivity index (χ1v) is 15.1. The average Bonchev–Trinajstić information content (AvgIpc) is 3.30. The summed E-state index contributed by atoms with van der Waals surface area (Å²) in [6.07, 6.45) is 3.94. The van der Waals surface area contributed by atoms with Crippen LogP contribution in [-0.2, 0) is 14.3 Å². The van der Waals surface area contributed by atoms with Crippen LogP contribution >= 0.6 is 11.8 Å². The van der Waals surface area contributed by atoms with Crippen LogP contribution in [0.25, 0.3) is 10.9 Å². The lowest BCUT2D eigenvalue weighted by atomic mass is 9.44. The maximum Gasteiger partial charge on any atom is 0.316 e. The van der Waals surface area contributed by atoms with E-state index < -0.39 is 29.0 Å².